The van der Waals surface area contributed by atoms with Crippen LogP contribution >= 0.6 is 0 Å². The van der Waals surface area contributed by atoms with Gasteiger partial charge in [0.25, 0.3) is 0 Å². The third-order valence-electron chi connectivity index (χ3n) is 2.09. The highest BCUT2D eigenvalue weighted by Gasteiger charge is 2.07. The maximum atomic E-state index is 9.33. The fourth-order valence-corrected chi connectivity index (χ4v) is 1.36. The zero-order chi connectivity index (χ0) is 10.8. The van der Waals surface area contributed by atoms with Gasteiger partial charge in [-0.05, 0) is 11.6 Å². The molecule has 0 unspecified atom stereocenters. The number of aromatic hydroxyl groups is 2. The molecule has 2 rings (SSSR count). The molecular formula is C10H7N3O2. The molecule has 0 bridgehead atoms. The molecule has 74 valence electrons. The van der Waals surface area contributed by atoms with Crippen molar-refractivity contribution in [3.8, 4) is 17.6 Å². The second-order valence-corrected chi connectivity index (χ2v) is 3.06. The normalized spacial score (nSPS) is 10.1. The number of aromatic nitrogens is 2. The average molecular weight is 201 g/mol. The van der Waals surface area contributed by atoms with Crippen LogP contribution in [0.5, 0.6) is 11.5 Å². The first kappa shape index (κ1) is 9.21. The fourth-order valence-electron chi connectivity index (χ4n) is 1.36. The number of hydrogen-bond acceptors (Lipinski definition) is 5. The number of hydrogen-bond donors (Lipinski definition) is 2. The summed E-state index contributed by atoms with van der Waals surface area (Å²) >= 11 is 0. The van der Waals surface area contributed by atoms with E-state index in [1.807, 2.05) is 6.07 Å². The van der Waals surface area contributed by atoms with E-state index in [1.54, 1.807) is 0 Å². The van der Waals surface area contributed by atoms with Crippen LogP contribution in [-0.4, -0.2) is 20.4 Å². The van der Waals surface area contributed by atoms with Gasteiger partial charge in [0.2, 0.25) is 0 Å². The summed E-state index contributed by atoms with van der Waals surface area (Å²) in [6.07, 6.45) is 1.66. The summed E-state index contributed by atoms with van der Waals surface area (Å²) in [7, 11) is 0. The smallest absolute Gasteiger partial charge is 0.159 e. The highest BCUT2D eigenvalue weighted by molar-refractivity contribution is 5.85. The lowest BCUT2D eigenvalue weighted by atomic mass is 10.1. The summed E-state index contributed by atoms with van der Waals surface area (Å²) in [5.41, 5.74) is 1.14. The molecule has 2 aromatic rings. The topological polar surface area (TPSA) is 90.0 Å². The van der Waals surface area contributed by atoms with E-state index in [-0.39, 0.29) is 17.9 Å². The first-order valence-corrected chi connectivity index (χ1v) is 4.25. The third kappa shape index (κ3) is 1.53. The first-order valence-electron chi connectivity index (χ1n) is 4.25. The van der Waals surface area contributed by atoms with Crippen LogP contribution in [0.1, 0.15) is 5.56 Å². The number of rotatable bonds is 1. The third-order valence-corrected chi connectivity index (χ3v) is 2.09. The van der Waals surface area contributed by atoms with E-state index in [0.717, 1.165) is 0 Å². The number of fused-ring (bicyclic) bond motifs is 1. The van der Waals surface area contributed by atoms with Crippen molar-refractivity contribution in [2.45, 2.75) is 6.42 Å². The minimum Gasteiger partial charge on any atom is -0.504 e. The molecule has 0 saturated carbocycles. The zero-order valence-corrected chi connectivity index (χ0v) is 7.68. The number of nitriles is 1. The van der Waals surface area contributed by atoms with Gasteiger partial charge in [0.1, 0.15) is 0 Å². The number of phenols is 2. The van der Waals surface area contributed by atoms with E-state index in [4.69, 9.17) is 5.26 Å². The molecule has 0 aliphatic rings. The standard InChI is InChI=1S/C10H7N3O2/c11-2-1-6-5-12-13-8-4-10(15)9(14)3-7(6)8/h3-5,14-15H,1H2. The van der Waals surface area contributed by atoms with Crippen molar-refractivity contribution >= 4 is 10.9 Å². The van der Waals surface area contributed by atoms with Crippen molar-refractivity contribution in [1.82, 2.24) is 10.2 Å². The summed E-state index contributed by atoms with van der Waals surface area (Å²) in [5.74, 6) is -0.472. The van der Waals surface area contributed by atoms with Gasteiger partial charge in [-0.15, -0.1) is 0 Å². The second-order valence-electron chi connectivity index (χ2n) is 3.06. The minimum absolute atomic E-state index is 0.191. The zero-order valence-electron chi connectivity index (χ0n) is 7.68. The Bertz CT molecular complexity index is 560. The molecular weight excluding hydrogens is 194 g/mol. The van der Waals surface area contributed by atoms with Crippen LogP contribution < -0.4 is 0 Å². The number of phenolic OH excluding ortho intramolecular Hbond substituents is 2. The molecule has 0 spiro atoms. The predicted molar refractivity (Wildman–Crippen MR) is 52.2 cm³/mol. The summed E-state index contributed by atoms with van der Waals surface area (Å²) in [5, 5.41) is 35.3. The van der Waals surface area contributed by atoms with Crippen molar-refractivity contribution < 1.29 is 10.2 Å². The van der Waals surface area contributed by atoms with Crippen LogP contribution in [0, 0.1) is 11.3 Å². The molecule has 0 radical (unpaired) electrons. The van der Waals surface area contributed by atoms with Gasteiger partial charge in [0.05, 0.1) is 24.2 Å². The highest BCUT2D eigenvalue weighted by Crippen LogP contribution is 2.30. The molecule has 2 N–H and O–H groups in total. The molecule has 1 aromatic heterocycles. The van der Waals surface area contributed by atoms with Crippen LogP contribution in [0.4, 0.5) is 0 Å². The van der Waals surface area contributed by atoms with Crippen LogP contribution in [0.15, 0.2) is 18.3 Å². The van der Waals surface area contributed by atoms with E-state index in [2.05, 4.69) is 10.2 Å². The molecule has 0 aliphatic carbocycles. The summed E-state index contributed by atoms with van der Waals surface area (Å²) in [6, 6.07) is 4.70. The van der Waals surface area contributed by atoms with Crippen molar-refractivity contribution in [1.29, 1.82) is 5.26 Å². The largest absolute Gasteiger partial charge is 0.504 e. The van der Waals surface area contributed by atoms with Crippen LogP contribution in [0.2, 0.25) is 0 Å². The van der Waals surface area contributed by atoms with E-state index in [9.17, 15) is 10.2 Å². The van der Waals surface area contributed by atoms with Gasteiger partial charge in [-0.3, -0.25) is 0 Å². The molecule has 15 heavy (non-hydrogen) atoms. The average Bonchev–Trinajstić information content (AvgIpc) is 2.21. The van der Waals surface area contributed by atoms with E-state index in [1.165, 1.54) is 18.3 Å². The Morgan fingerprint density at radius 1 is 1.27 bits per heavy atom. The Balaban J connectivity index is 2.75. The van der Waals surface area contributed by atoms with Gasteiger partial charge in [-0.2, -0.15) is 15.5 Å². The Morgan fingerprint density at radius 2 is 2.00 bits per heavy atom. The molecule has 0 atom stereocenters. The Hall–Kier alpha value is -2.35. The van der Waals surface area contributed by atoms with Crippen molar-refractivity contribution in [2.75, 3.05) is 0 Å². The SMILES string of the molecule is N#CCc1cnnc2cc(O)c(O)cc12. The quantitative estimate of drug-likeness (QED) is 0.674. The van der Waals surface area contributed by atoms with Gasteiger partial charge in [0, 0.05) is 11.5 Å². The van der Waals surface area contributed by atoms with Gasteiger partial charge < -0.3 is 10.2 Å². The molecule has 0 amide bonds. The molecule has 5 nitrogen and oxygen atoms in total. The van der Waals surface area contributed by atoms with E-state index in [0.29, 0.717) is 16.5 Å². The number of nitrogens with zero attached hydrogens (tertiary/aromatic N) is 3. The molecule has 0 fully saturated rings. The van der Waals surface area contributed by atoms with E-state index >= 15 is 0 Å². The van der Waals surface area contributed by atoms with Gasteiger partial charge >= 0.3 is 0 Å². The maximum Gasteiger partial charge on any atom is 0.159 e. The highest BCUT2D eigenvalue weighted by atomic mass is 16.3. The van der Waals surface area contributed by atoms with Crippen LogP contribution in [0.25, 0.3) is 10.9 Å². The Morgan fingerprint density at radius 3 is 2.73 bits per heavy atom. The molecule has 0 aliphatic heterocycles. The lowest BCUT2D eigenvalue weighted by molar-refractivity contribution is 0.404. The summed E-state index contributed by atoms with van der Waals surface area (Å²) in [6.45, 7) is 0. The predicted octanol–water partition coefficient (Wildman–Crippen LogP) is 1.11. The first-order chi connectivity index (χ1) is 7.22. The van der Waals surface area contributed by atoms with Gasteiger partial charge in [-0.25, -0.2) is 0 Å². The lowest BCUT2D eigenvalue weighted by Gasteiger charge is -2.03. The molecule has 1 heterocycles. The van der Waals surface area contributed by atoms with Crippen molar-refractivity contribution in [2.24, 2.45) is 0 Å². The van der Waals surface area contributed by atoms with Crippen LogP contribution in [0.3, 0.4) is 0 Å². The summed E-state index contributed by atoms with van der Waals surface area (Å²) < 4.78 is 0. The minimum atomic E-state index is -0.245. The van der Waals surface area contributed by atoms with Crippen molar-refractivity contribution in [3.63, 3.8) is 0 Å². The monoisotopic (exact) mass is 201 g/mol. The maximum absolute atomic E-state index is 9.33. The van der Waals surface area contributed by atoms with Gasteiger partial charge in [0.15, 0.2) is 11.5 Å². The lowest BCUT2D eigenvalue weighted by Crippen LogP contribution is -1.90. The molecule has 1 aromatic carbocycles. The Labute approximate surface area is 85.2 Å². The molecule has 0 saturated heterocycles. The number of benzene rings is 1. The van der Waals surface area contributed by atoms with Crippen molar-refractivity contribution in [3.05, 3.63) is 23.9 Å². The van der Waals surface area contributed by atoms with Gasteiger partial charge in [-0.1, -0.05) is 0 Å². The molecule has 5 heteroatoms. The summed E-state index contributed by atoms with van der Waals surface area (Å²) in [4.78, 5) is 0. The second kappa shape index (κ2) is 3.42. The van der Waals surface area contributed by atoms with Crippen LogP contribution in [-0.2, 0) is 6.42 Å². The Kier molecular flexibility index (Phi) is 2.10. The fraction of sp³-hybridized carbons (Fsp3) is 0.100. The van der Waals surface area contributed by atoms with E-state index < -0.39 is 0 Å².